The van der Waals surface area contributed by atoms with Crippen molar-refractivity contribution in [1.82, 2.24) is 29.5 Å². The van der Waals surface area contributed by atoms with E-state index in [1.54, 1.807) is 23.4 Å². The minimum Gasteiger partial charge on any atom is -0.336 e. The van der Waals surface area contributed by atoms with Gasteiger partial charge in [0.15, 0.2) is 0 Å². The van der Waals surface area contributed by atoms with Crippen LogP contribution in [0.2, 0.25) is 0 Å². The molecule has 2 aliphatic rings. The van der Waals surface area contributed by atoms with E-state index in [0.29, 0.717) is 17.4 Å². The molecular weight excluding hydrogens is 336 g/mol. The minimum absolute atomic E-state index is 0.0710. The first-order chi connectivity index (χ1) is 12.3. The number of rotatable bonds is 3. The van der Waals surface area contributed by atoms with Gasteiger partial charge in [-0.3, -0.25) is 14.3 Å². The molecule has 0 spiro atoms. The summed E-state index contributed by atoms with van der Waals surface area (Å²) in [4.78, 5) is 21.6. The van der Waals surface area contributed by atoms with Gasteiger partial charge in [0.25, 0.3) is 5.91 Å². The van der Waals surface area contributed by atoms with E-state index in [2.05, 4.69) is 31.8 Å². The summed E-state index contributed by atoms with van der Waals surface area (Å²) < 4.78 is 1.72. The van der Waals surface area contributed by atoms with Gasteiger partial charge in [-0.25, -0.2) is 4.98 Å². The molecule has 1 amide bonds. The fourth-order valence-electron chi connectivity index (χ4n) is 3.51. The molecule has 0 aliphatic carbocycles. The van der Waals surface area contributed by atoms with Gasteiger partial charge < -0.3 is 4.90 Å². The second kappa shape index (κ2) is 7.53. The topological polar surface area (TPSA) is 67.2 Å². The fourth-order valence-corrected chi connectivity index (χ4v) is 4.59. The summed E-state index contributed by atoms with van der Waals surface area (Å²) in [5.74, 6) is 3.32. The Kier molecular flexibility index (Phi) is 4.98. The first kappa shape index (κ1) is 16.5. The first-order valence-electron chi connectivity index (χ1n) is 8.73. The zero-order chi connectivity index (χ0) is 17.1. The number of carbonyl (C=O) groups excluding carboxylic acids is 1. The molecule has 8 heteroatoms. The highest BCUT2D eigenvalue weighted by Crippen LogP contribution is 2.23. The number of piperazine rings is 1. The van der Waals surface area contributed by atoms with Crippen molar-refractivity contribution in [2.45, 2.75) is 18.9 Å². The average molecular weight is 358 g/mol. The number of pyridine rings is 1. The SMILES string of the molecule is O=C(c1ccc(-n2cnnc2)nc1)N1CCN(C2CCSCC2)CC1. The number of amides is 1. The van der Waals surface area contributed by atoms with Crippen LogP contribution >= 0.6 is 11.8 Å². The maximum absolute atomic E-state index is 12.7. The third kappa shape index (κ3) is 3.69. The van der Waals surface area contributed by atoms with E-state index in [9.17, 15) is 4.79 Å². The van der Waals surface area contributed by atoms with Crippen LogP contribution in [-0.4, -0.2) is 79.2 Å². The van der Waals surface area contributed by atoms with Crippen LogP contribution in [0, 0.1) is 0 Å². The Balaban J connectivity index is 1.35. The molecule has 4 heterocycles. The lowest BCUT2D eigenvalue weighted by atomic mass is 10.1. The van der Waals surface area contributed by atoms with Crippen molar-refractivity contribution in [3.8, 4) is 5.82 Å². The highest BCUT2D eigenvalue weighted by molar-refractivity contribution is 7.99. The second-order valence-electron chi connectivity index (χ2n) is 6.45. The maximum atomic E-state index is 12.7. The fraction of sp³-hybridized carbons (Fsp3) is 0.529. The van der Waals surface area contributed by atoms with Gasteiger partial charge in [0.2, 0.25) is 0 Å². The Bertz CT molecular complexity index is 690. The molecule has 0 radical (unpaired) electrons. The van der Waals surface area contributed by atoms with Gasteiger partial charge >= 0.3 is 0 Å². The van der Waals surface area contributed by atoms with E-state index in [1.165, 1.54) is 24.3 Å². The van der Waals surface area contributed by atoms with Crippen LogP contribution in [0.3, 0.4) is 0 Å². The van der Waals surface area contributed by atoms with E-state index >= 15 is 0 Å². The zero-order valence-electron chi connectivity index (χ0n) is 14.1. The number of hydrogen-bond acceptors (Lipinski definition) is 6. The van der Waals surface area contributed by atoms with Gasteiger partial charge in [0.1, 0.15) is 18.5 Å². The third-order valence-corrected chi connectivity index (χ3v) is 6.04. The second-order valence-corrected chi connectivity index (χ2v) is 7.67. The lowest BCUT2D eigenvalue weighted by Gasteiger charge is -2.40. The molecule has 132 valence electrons. The lowest BCUT2D eigenvalue weighted by molar-refractivity contribution is 0.0559. The summed E-state index contributed by atoms with van der Waals surface area (Å²) >= 11 is 2.06. The Hall–Kier alpha value is -1.93. The Labute approximate surface area is 151 Å². The highest BCUT2D eigenvalue weighted by Gasteiger charge is 2.27. The summed E-state index contributed by atoms with van der Waals surface area (Å²) in [7, 11) is 0. The molecular formula is C17H22N6OS. The van der Waals surface area contributed by atoms with Gasteiger partial charge in [-0.05, 0) is 36.5 Å². The number of hydrogen-bond donors (Lipinski definition) is 0. The number of carbonyl (C=O) groups is 1. The molecule has 2 fully saturated rings. The van der Waals surface area contributed by atoms with Gasteiger partial charge in [-0.15, -0.1) is 10.2 Å². The third-order valence-electron chi connectivity index (χ3n) is 4.99. The van der Waals surface area contributed by atoms with Crippen molar-refractivity contribution in [1.29, 1.82) is 0 Å². The quantitative estimate of drug-likeness (QED) is 0.824. The smallest absolute Gasteiger partial charge is 0.255 e. The van der Waals surface area contributed by atoms with Gasteiger partial charge in [-0.2, -0.15) is 11.8 Å². The average Bonchev–Trinajstić information content (AvgIpc) is 3.23. The predicted octanol–water partition coefficient (Wildman–Crippen LogP) is 1.32. The standard InChI is InChI=1S/C17H22N6OS/c24-17(14-1-2-16(18-11-14)23-12-19-20-13-23)22-7-5-21(6-8-22)15-3-9-25-10-4-15/h1-2,11-13,15H,3-10H2. The van der Waals surface area contributed by atoms with Crippen molar-refractivity contribution in [3.63, 3.8) is 0 Å². The molecule has 0 unspecified atom stereocenters. The minimum atomic E-state index is 0.0710. The van der Waals surface area contributed by atoms with Crippen LogP contribution in [0.5, 0.6) is 0 Å². The molecule has 2 aromatic heterocycles. The number of aromatic nitrogens is 4. The molecule has 4 rings (SSSR count). The molecule has 0 atom stereocenters. The molecule has 7 nitrogen and oxygen atoms in total. The van der Waals surface area contributed by atoms with Crippen molar-refractivity contribution in [2.75, 3.05) is 37.7 Å². The summed E-state index contributed by atoms with van der Waals surface area (Å²) in [5, 5.41) is 7.53. The zero-order valence-corrected chi connectivity index (χ0v) is 14.9. The molecule has 0 bridgehead atoms. The summed E-state index contributed by atoms with van der Waals surface area (Å²) in [6.07, 6.45) is 7.39. The van der Waals surface area contributed by atoms with Crippen LogP contribution in [0.1, 0.15) is 23.2 Å². The number of nitrogens with zero attached hydrogens (tertiary/aromatic N) is 6. The van der Waals surface area contributed by atoms with E-state index in [0.717, 1.165) is 26.2 Å². The van der Waals surface area contributed by atoms with E-state index in [1.807, 2.05) is 17.0 Å². The van der Waals surface area contributed by atoms with Crippen molar-refractivity contribution < 1.29 is 4.79 Å². The molecule has 2 saturated heterocycles. The van der Waals surface area contributed by atoms with Crippen molar-refractivity contribution in [2.24, 2.45) is 0 Å². The molecule has 0 saturated carbocycles. The van der Waals surface area contributed by atoms with Crippen LogP contribution in [-0.2, 0) is 0 Å². The first-order valence-corrected chi connectivity index (χ1v) is 9.89. The Morgan fingerprint density at radius 3 is 2.40 bits per heavy atom. The summed E-state index contributed by atoms with van der Waals surface area (Å²) in [6, 6.07) is 4.37. The monoisotopic (exact) mass is 358 g/mol. The van der Waals surface area contributed by atoms with Gasteiger partial charge in [0, 0.05) is 38.4 Å². The molecule has 0 N–H and O–H groups in total. The lowest BCUT2D eigenvalue weighted by Crippen LogP contribution is -2.52. The van der Waals surface area contributed by atoms with Crippen LogP contribution in [0.15, 0.2) is 31.0 Å². The highest BCUT2D eigenvalue weighted by atomic mass is 32.2. The van der Waals surface area contributed by atoms with Gasteiger partial charge in [0.05, 0.1) is 5.56 Å². The predicted molar refractivity (Wildman–Crippen MR) is 97.0 cm³/mol. The molecule has 2 aliphatic heterocycles. The van der Waals surface area contributed by atoms with Gasteiger partial charge in [-0.1, -0.05) is 0 Å². The van der Waals surface area contributed by atoms with Crippen molar-refractivity contribution in [3.05, 3.63) is 36.5 Å². The molecule has 2 aromatic rings. The molecule has 0 aromatic carbocycles. The number of thioether (sulfide) groups is 1. The Morgan fingerprint density at radius 1 is 1.04 bits per heavy atom. The van der Waals surface area contributed by atoms with Crippen molar-refractivity contribution >= 4 is 17.7 Å². The van der Waals surface area contributed by atoms with E-state index in [4.69, 9.17) is 0 Å². The summed E-state index contributed by atoms with van der Waals surface area (Å²) in [5.41, 5.74) is 0.638. The van der Waals surface area contributed by atoms with Crippen LogP contribution in [0.4, 0.5) is 0 Å². The maximum Gasteiger partial charge on any atom is 0.255 e. The van der Waals surface area contributed by atoms with Crippen LogP contribution in [0.25, 0.3) is 5.82 Å². The van der Waals surface area contributed by atoms with E-state index in [-0.39, 0.29) is 5.91 Å². The van der Waals surface area contributed by atoms with E-state index < -0.39 is 0 Å². The Morgan fingerprint density at radius 2 is 1.76 bits per heavy atom. The summed E-state index contributed by atoms with van der Waals surface area (Å²) in [6.45, 7) is 3.56. The van der Waals surface area contributed by atoms with Crippen LogP contribution < -0.4 is 0 Å². The normalized spacial score (nSPS) is 19.9. The largest absolute Gasteiger partial charge is 0.336 e. The molecule has 25 heavy (non-hydrogen) atoms.